The van der Waals surface area contributed by atoms with Crippen LogP contribution in [0.5, 0.6) is 11.5 Å². The Balaban J connectivity index is 2.10. The largest absolute Gasteiger partial charge is 0.493 e. The molecule has 1 aromatic carbocycles. The minimum atomic E-state index is -0.362. The van der Waals surface area contributed by atoms with Crippen molar-refractivity contribution in [1.82, 2.24) is 10.3 Å². The molecule has 0 aliphatic carbocycles. The van der Waals surface area contributed by atoms with E-state index < -0.39 is 0 Å². The van der Waals surface area contributed by atoms with Gasteiger partial charge in [0.2, 0.25) is 0 Å². The molecule has 28 heavy (non-hydrogen) atoms. The smallest absolute Gasteiger partial charge is 0.274 e. The number of hydrogen-bond acceptors (Lipinski definition) is 6. The highest BCUT2D eigenvalue weighted by Crippen LogP contribution is 2.36. The number of hydrazone groups is 1. The topological polar surface area (TPSA) is 93.4 Å². The number of amides is 2. The predicted octanol–water partition coefficient (Wildman–Crippen LogP) is 2.90. The molecule has 2 aromatic rings. The van der Waals surface area contributed by atoms with E-state index in [1.54, 1.807) is 46.1 Å². The van der Waals surface area contributed by atoms with E-state index in [9.17, 15) is 9.59 Å². The van der Waals surface area contributed by atoms with E-state index in [1.165, 1.54) is 18.2 Å². The van der Waals surface area contributed by atoms with Crippen LogP contribution in [0.3, 0.4) is 0 Å². The van der Waals surface area contributed by atoms with Crippen molar-refractivity contribution in [2.75, 3.05) is 27.8 Å². The van der Waals surface area contributed by atoms with Crippen LogP contribution in [0.2, 0.25) is 0 Å². The van der Waals surface area contributed by atoms with Crippen molar-refractivity contribution in [3.63, 3.8) is 0 Å². The van der Waals surface area contributed by atoms with Gasteiger partial charge in [0.05, 0.1) is 23.4 Å². The summed E-state index contributed by atoms with van der Waals surface area (Å²) in [6.07, 6.45) is 1.47. The molecule has 0 bridgehead atoms. The number of likely N-dealkylation sites (N-methyl/N-ethyl adjacent to an activating group) is 1. The fourth-order valence-corrected chi connectivity index (χ4v) is 2.87. The summed E-state index contributed by atoms with van der Waals surface area (Å²) in [4.78, 5) is 25.3. The molecule has 0 fully saturated rings. The Morgan fingerprint density at radius 1 is 1.29 bits per heavy atom. The standard InChI is InChI=1S/C19H22BrN3O5/c1-11-6-14(12(2)28-11)19(25)22-21-9-13-7-15(20)18(16(8-13)26-5)27-10-17(24)23(3)4/h6-9H,10H2,1-5H3,(H,22,25). The van der Waals surface area contributed by atoms with Gasteiger partial charge in [0.25, 0.3) is 11.8 Å². The van der Waals surface area contributed by atoms with Crippen molar-refractivity contribution in [2.24, 2.45) is 5.10 Å². The van der Waals surface area contributed by atoms with Crippen LogP contribution < -0.4 is 14.9 Å². The lowest BCUT2D eigenvalue weighted by Gasteiger charge is -2.15. The van der Waals surface area contributed by atoms with Gasteiger partial charge in [-0.05, 0) is 53.5 Å². The molecule has 0 unspecified atom stereocenters. The first-order chi connectivity index (χ1) is 13.2. The minimum Gasteiger partial charge on any atom is -0.493 e. The number of halogens is 1. The molecule has 1 heterocycles. The maximum atomic E-state index is 12.1. The zero-order valence-corrected chi connectivity index (χ0v) is 17.9. The van der Waals surface area contributed by atoms with E-state index >= 15 is 0 Å². The molecular weight excluding hydrogens is 430 g/mol. The van der Waals surface area contributed by atoms with E-state index in [1.807, 2.05) is 0 Å². The van der Waals surface area contributed by atoms with Gasteiger partial charge in [0, 0.05) is 14.1 Å². The van der Waals surface area contributed by atoms with Crippen LogP contribution in [0.1, 0.15) is 27.4 Å². The van der Waals surface area contributed by atoms with Crippen LogP contribution in [0.4, 0.5) is 0 Å². The molecule has 2 rings (SSSR count). The fourth-order valence-electron chi connectivity index (χ4n) is 2.30. The number of methoxy groups -OCH3 is 1. The molecule has 1 aromatic heterocycles. The van der Waals surface area contributed by atoms with Crippen molar-refractivity contribution >= 4 is 34.0 Å². The highest BCUT2D eigenvalue weighted by Gasteiger charge is 2.15. The number of benzene rings is 1. The lowest BCUT2D eigenvalue weighted by molar-refractivity contribution is -0.130. The molecule has 0 aliphatic heterocycles. The molecule has 2 amide bonds. The molecule has 1 N–H and O–H groups in total. The Labute approximate surface area is 171 Å². The minimum absolute atomic E-state index is 0.116. The second-order valence-corrected chi connectivity index (χ2v) is 6.99. The molecule has 150 valence electrons. The van der Waals surface area contributed by atoms with Crippen LogP contribution >= 0.6 is 15.9 Å². The summed E-state index contributed by atoms with van der Waals surface area (Å²) >= 11 is 3.40. The maximum Gasteiger partial charge on any atom is 0.274 e. The van der Waals surface area contributed by atoms with Crippen molar-refractivity contribution in [1.29, 1.82) is 0 Å². The number of aryl methyl sites for hydroxylation is 2. The van der Waals surface area contributed by atoms with Crippen LogP contribution in [0, 0.1) is 13.8 Å². The van der Waals surface area contributed by atoms with Crippen molar-refractivity contribution in [3.8, 4) is 11.5 Å². The van der Waals surface area contributed by atoms with Gasteiger partial charge in [-0.25, -0.2) is 5.43 Å². The summed E-state index contributed by atoms with van der Waals surface area (Å²) in [7, 11) is 4.80. The van der Waals surface area contributed by atoms with Gasteiger partial charge in [0.15, 0.2) is 18.1 Å². The van der Waals surface area contributed by atoms with Crippen LogP contribution in [-0.4, -0.2) is 50.7 Å². The number of nitrogens with zero attached hydrogens (tertiary/aromatic N) is 2. The van der Waals surface area contributed by atoms with E-state index in [0.717, 1.165) is 0 Å². The number of rotatable bonds is 7. The van der Waals surface area contributed by atoms with Gasteiger partial charge >= 0.3 is 0 Å². The molecule has 8 nitrogen and oxygen atoms in total. The Kier molecular flexibility index (Phi) is 7.22. The molecular formula is C19H22BrN3O5. The number of nitrogens with one attached hydrogen (secondary N) is 1. The lowest BCUT2D eigenvalue weighted by Crippen LogP contribution is -2.27. The van der Waals surface area contributed by atoms with E-state index in [0.29, 0.717) is 38.6 Å². The fraction of sp³-hybridized carbons (Fsp3) is 0.316. The number of ether oxygens (including phenoxy) is 2. The first-order valence-corrected chi connectivity index (χ1v) is 9.13. The third-order valence-corrected chi connectivity index (χ3v) is 4.34. The van der Waals surface area contributed by atoms with Crippen molar-refractivity contribution in [3.05, 3.63) is 45.3 Å². The summed E-state index contributed by atoms with van der Waals surface area (Å²) in [6, 6.07) is 5.07. The number of carbonyl (C=O) groups is 2. The van der Waals surface area contributed by atoms with E-state index in [4.69, 9.17) is 13.9 Å². The summed E-state index contributed by atoms with van der Waals surface area (Å²) in [6.45, 7) is 3.37. The lowest BCUT2D eigenvalue weighted by atomic mass is 10.2. The molecule has 0 aliphatic rings. The second-order valence-electron chi connectivity index (χ2n) is 6.14. The highest BCUT2D eigenvalue weighted by atomic mass is 79.9. The summed E-state index contributed by atoms with van der Waals surface area (Å²) in [5.74, 6) is 1.48. The number of hydrogen-bond donors (Lipinski definition) is 1. The van der Waals surface area contributed by atoms with Gasteiger partial charge in [-0.2, -0.15) is 5.10 Å². The Bertz CT molecular complexity index is 905. The average Bonchev–Trinajstić information content (AvgIpc) is 2.98. The zero-order valence-electron chi connectivity index (χ0n) is 16.3. The molecule has 9 heteroatoms. The van der Waals surface area contributed by atoms with Crippen molar-refractivity contribution in [2.45, 2.75) is 13.8 Å². The van der Waals surface area contributed by atoms with E-state index in [2.05, 4.69) is 26.5 Å². The summed E-state index contributed by atoms with van der Waals surface area (Å²) in [5.41, 5.74) is 3.55. The average molecular weight is 452 g/mol. The van der Waals surface area contributed by atoms with Gasteiger partial charge in [-0.3, -0.25) is 9.59 Å². The van der Waals surface area contributed by atoms with Crippen LogP contribution in [0.15, 0.2) is 32.2 Å². The van der Waals surface area contributed by atoms with E-state index in [-0.39, 0.29) is 18.4 Å². The number of furan rings is 1. The van der Waals surface area contributed by atoms with Crippen molar-refractivity contribution < 1.29 is 23.5 Å². The van der Waals surface area contributed by atoms with Gasteiger partial charge in [-0.15, -0.1) is 0 Å². The Morgan fingerprint density at radius 3 is 2.57 bits per heavy atom. The molecule has 0 saturated carbocycles. The SMILES string of the molecule is COc1cc(C=NNC(=O)c2cc(C)oc2C)cc(Br)c1OCC(=O)N(C)C. The Hall–Kier alpha value is -2.81. The van der Waals surface area contributed by atoms with Gasteiger partial charge in [-0.1, -0.05) is 0 Å². The highest BCUT2D eigenvalue weighted by molar-refractivity contribution is 9.10. The second kappa shape index (κ2) is 9.41. The maximum absolute atomic E-state index is 12.1. The van der Waals surface area contributed by atoms with Crippen LogP contribution in [-0.2, 0) is 4.79 Å². The van der Waals surface area contributed by atoms with Gasteiger partial charge in [0.1, 0.15) is 11.5 Å². The molecule has 0 atom stereocenters. The summed E-state index contributed by atoms with van der Waals surface area (Å²) in [5, 5.41) is 3.97. The molecule has 0 spiro atoms. The zero-order chi connectivity index (χ0) is 20.8. The Morgan fingerprint density at radius 2 is 2.00 bits per heavy atom. The quantitative estimate of drug-likeness (QED) is 0.515. The number of carbonyl (C=O) groups excluding carboxylic acids is 2. The first-order valence-electron chi connectivity index (χ1n) is 8.33. The first kappa shape index (κ1) is 21.5. The normalized spacial score (nSPS) is 10.8. The van der Waals surface area contributed by atoms with Gasteiger partial charge < -0.3 is 18.8 Å². The third-order valence-electron chi connectivity index (χ3n) is 3.76. The molecule has 0 radical (unpaired) electrons. The molecule has 0 saturated heterocycles. The predicted molar refractivity (Wildman–Crippen MR) is 108 cm³/mol. The summed E-state index contributed by atoms with van der Waals surface area (Å²) < 4.78 is 16.8. The van der Waals surface area contributed by atoms with Crippen LogP contribution in [0.25, 0.3) is 0 Å². The monoisotopic (exact) mass is 451 g/mol. The third kappa shape index (κ3) is 5.35.